The summed E-state index contributed by atoms with van der Waals surface area (Å²) in [6.07, 6.45) is 10.6. The maximum absolute atomic E-state index is 12.2. The zero-order valence-electron chi connectivity index (χ0n) is 14.4. The quantitative estimate of drug-likeness (QED) is 0.690. The lowest BCUT2D eigenvalue weighted by Crippen LogP contribution is -2.65. The molecule has 5 aliphatic rings. The fourth-order valence-corrected chi connectivity index (χ4v) is 8.26. The SMILES string of the molecule is CC12Cc3[nH]ccc3C34C=CCC5CCC1CC(=C(C(=O)O)C3O)C524. The maximum Gasteiger partial charge on any atom is 0.334 e. The van der Waals surface area contributed by atoms with E-state index in [-0.39, 0.29) is 10.8 Å². The molecule has 5 aliphatic carbocycles. The van der Waals surface area contributed by atoms with Crippen LogP contribution in [-0.2, 0) is 16.6 Å². The molecule has 1 aromatic rings. The highest BCUT2D eigenvalue weighted by molar-refractivity contribution is 5.92. The van der Waals surface area contributed by atoms with Crippen molar-refractivity contribution >= 4 is 5.97 Å². The van der Waals surface area contributed by atoms with Crippen molar-refractivity contribution < 1.29 is 15.0 Å². The maximum atomic E-state index is 12.2. The molecule has 0 radical (unpaired) electrons. The molecule has 2 fully saturated rings. The van der Waals surface area contributed by atoms with E-state index in [9.17, 15) is 15.0 Å². The number of nitrogens with one attached hydrogen (secondary N) is 1. The topological polar surface area (TPSA) is 73.3 Å². The molecule has 25 heavy (non-hydrogen) atoms. The Morgan fingerprint density at radius 3 is 2.92 bits per heavy atom. The van der Waals surface area contributed by atoms with Crippen LogP contribution in [0.25, 0.3) is 0 Å². The van der Waals surface area contributed by atoms with E-state index in [1.165, 1.54) is 12.1 Å². The molecule has 6 unspecified atom stereocenters. The number of aliphatic hydroxyl groups is 1. The lowest BCUT2D eigenvalue weighted by molar-refractivity contribution is -0.135. The summed E-state index contributed by atoms with van der Waals surface area (Å²) >= 11 is 0. The summed E-state index contributed by atoms with van der Waals surface area (Å²) in [7, 11) is 0. The zero-order valence-corrected chi connectivity index (χ0v) is 14.4. The Labute approximate surface area is 146 Å². The molecule has 2 saturated carbocycles. The summed E-state index contributed by atoms with van der Waals surface area (Å²) < 4.78 is 0. The number of allylic oxidation sites excluding steroid dienone is 2. The Hall–Kier alpha value is -1.81. The van der Waals surface area contributed by atoms with Crippen LogP contribution in [0.3, 0.4) is 0 Å². The second kappa shape index (κ2) is 3.96. The van der Waals surface area contributed by atoms with Gasteiger partial charge in [-0.25, -0.2) is 4.79 Å². The number of fused-ring (bicyclic) bond motifs is 1. The van der Waals surface area contributed by atoms with Gasteiger partial charge >= 0.3 is 5.97 Å². The molecule has 6 rings (SSSR count). The van der Waals surface area contributed by atoms with Crippen molar-refractivity contribution in [1.29, 1.82) is 0 Å². The highest BCUT2D eigenvalue weighted by Crippen LogP contribution is 2.82. The lowest BCUT2D eigenvalue weighted by atomic mass is 9.37. The van der Waals surface area contributed by atoms with Crippen molar-refractivity contribution in [2.45, 2.75) is 50.5 Å². The van der Waals surface area contributed by atoms with Gasteiger partial charge in [0.2, 0.25) is 0 Å². The Morgan fingerprint density at radius 2 is 2.12 bits per heavy atom. The number of hydrogen-bond donors (Lipinski definition) is 3. The van der Waals surface area contributed by atoms with Gasteiger partial charge in [-0.1, -0.05) is 19.1 Å². The van der Waals surface area contributed by atoms with Crippen LogP contribution in [0.1, 0.15) is 43.9 Å². The van der Waals surface area contributed by atoms with Crippen LogP contribution in [0.2, 0.25) is 0 Å². The van der Waals surface area contributed by atoms with Crippen LogP contribution in [0, 0.1) is 22.7 Å². The van der Waals surface area contributed by atoms with E-state index in [0.717, 1.165) is 36.8 Å². The van der Waals surface area contributed by atoms with E-state index >= 15 is 0 Å². The average Bonchev–Trinajstić information content (AvgIpc) is 3.13. The van der Waals surface area contributed by atoms with Crippen LogP contribution in [0.5, 0.6) is 0 Å². The van der Waals surface area contributed by atoms with Gasteiger partial charge < -0.3 is 15.2 Å². The van der Waals surface area contributed by atoms with Gasteiger partial charge in [0.15, 0.2) is 0 Å². The number of hydrogen-bond acceptors (Lipinski definition) is 2. The summed E-state index contributed by atoms with van der Waals surface area (Å²) in [5, 5.41) is 21.5. The molecule has 2 bridgehead atoms. The third-order valence-electron chi connectivity index (χ3n) is 8.74. The number of H-pyrrole nitrogens is 1. The predicted molar refractivity (Wildman–Crippen MR) is 92.0 cm³/mol. The van der Waals surface area contributed by atoms with Gasteiger partial charge in [-0.15, -0.1) is 0 Å². The number of aliphatic carboxylic acids is 1. The smallest absolute Gasteiger partial charge is 0.334 e. The van der Waals surface area contributed by atoms with E-state index in [2.05, 4.69) is 30.1 Å². The van der Waals surface area contributed by atoms with E-state index < -0.39 is 17.5 Å². The number of aromatic nitrogens is 1. The first-order chi connectivity index (χ1) is 12.0. The first-order valence-electron chi connectivity index (χ1n) is 9.48. The third-order valence-corrected chi connectivity index (χ3v) is 8.74. The Balaban J connectivity index is 1.82. The van der Waals surface area contributed by atoms with Crippen LogP contribution in [-0.4, -0.2) is 27.3 Å². The second-order valence-corrected chi connectivity index (χ2v) is 9.05. The van der Waals surface area contributed by atoms with Crippen molar-refractivity contribution in [3.63, 3.8) is 0 Å². The molecule has 1 heterocycles. The number of carbonyl (C=O) groups is 1. The van der Waals surface area contributed by atoms with Crippen molar-refractivity contribution in [3.8, 4) is 0 Å². The fourth-order valence-electron chi connectivity index (χ4n) is 8.26. The minimum atomic E-state index is -0.952. The van der Waals surface area contributed by atoms with Crippen molar-refractivity contribution in [1.82, 2.24) is 4.98 Å². The monoisotopic (exact) mass is 337 g/mol. The van der Waals surface area contributed by atoms with Crippen LogP contribution in [0.4, 0.5) is 0 Å². The Kier molecular flexibility index (Phi) is 2.27. The molecule has 3 N–H and O–H groups in total. The van der Waals surface area contributed by atoms with Gasteiger partial charge in [0.25, 0.3) is 0 Å². The third kappa shape index (κ3) is 1.14. The Bertz CT molecular complexity index is 895. The summed E-state index contributed by atoms with van der Waals surface area (Å²) in [6.45, 7) is 2.38. The Morgan fingerprint density at radius 1 is 1.32 bits per heavy atom. The minimum absolute atomic E-state index is 0.0199. The van der Waals surface area contributed by atoms with Gasteiger partial charge in [0.1, 0.15) is 6.10 Å². The summed E-state index contributed by atoms with van der Waals surface area (Å²) in [6, 6.07) is 2.09. The highest BCUT2D eigenvalue weighted by Gasteiger charge is 2.80. The fraction of sp³-hybridized carbons (Fsp3) is 0.571. The summed E-state index contributed by atoms with van der Waals surface area (Å²) in [5.41, 5.74) is 2.92. The lowest BCUT2D eigenvalue weighted by Gasteiger charge is -2.65. The molecule has 0 aromatic carbocycles. The summed E-state index contributed by atoms with van der Waals surface area (Å²) in [5.74, 6) is 0.0282. The van der Waals surface area contributed by atoms with Crippen molar-refractivity contribution in [3.05, 3.63) is 46.8 Å². The molecule has 6 atom stereocenters. The van der Waals surface area contributed by atoms with Crippen molar-refractivity contribution in [2.75, 3.05) is 0 Å². The second-order valence-electron chi connectivity index (χ2n) is 9.05. The van der Waals surface area contributed by atoms with Crippen LogP contribution < -0.4 is 0 Å². The first-order valence-corrected chi connectivity index (χ1v) is 9.48. The molecule has 130 valence electrons. The minimum Gasteiger partial charge on any atom is -0.478 e. The molecular weight excluding hydrogens is 314 g/mol. The molecule has 1 spiro atoms. The molecule has 0 amide bonds. The average molecular weight is 337 g/mol. The van der Waals surface area contributed by atoms with Gasteiger partial charge in [-0.2, -0.15) is 0 Å². The zero-order chi connectivity index (χ0) is 17.2. The largest absolute Gasteiger partial charge is 0.478 e. The summed E-state index contributed by atoms with van der Waals surface area (Å²) in [4.78, 5) is 15.6. The molecular formula is C21H23NO3. The molecule has 4 heteroatoms. The molecule has 1 aromatic heterocycles. The van der Waals surface area contributed by atoms with E-state index in [1.54, 1.807) is 0 Å². The standard InChI is InChI=1S/C21H23NO3/c1-19-10-15-13(6-8-22-15)20-7-2-3-11-4-5-12(19)9-14(21(11,19)20)16(17(20)23)18(24)25/h2,6-8,11-12,17,22-23H,3-5,9-10H2,1H3,(H,24,25). The van der Waals surface area contributed by atoms with E-state index in [1.807, 2.05) is 6.20 Å². The number of carboxylic acid groups (broad SMARTS) is 1. The molecule has 0 aliphatic heterocycles. The normalized spacial score (nSPS) is 48.5. The van der Waals surface area contributed by atoms with Crippen LogP contribution in [0.15, 0.2) is 35.6 Å². The first kappa shape index (κ1) is 14.4. The number of aliphatic hydroxyl groups excluding tert-OH is 1. The molecule has 4 nitrogen and oxygen atoms in total. The predicted octanol–water partition coefficient (Wildman–Crippen LogP) is 2.95. The molecule has 0 saturated heterocycles. The van der Waals surface area contributed by atoms with Gasteiger partial charge in [0, 0.05) is 17.3 Å². The van der Waals surface area contributed by atoms with Gasteiger partial charge in [-0.3, -0.25) is 0 Å². The van der Waals surface area contributed by atoms with E-state index in [4.69, 9.17) is 0 Å². The number of carboxylic acids is 1. The highest BCUT2D eigenvalue weighted by atomic mass is 16.4. The van der Waals surface area contributed by atoms with E-state index in [0.29, 0.717) is 17.4 Å². The van der Waals surface area contributed by atoms with Crippen molar-refractivity contribution in [2.24, 2.45) is 22.7 Å². The number of rotatable bonds is 1. The van der Waals surface area contributed by atoms with Gasteiger partial charge in [-0.05, 0) is 66.6 Å². The van der Waals surface area contributed by atoms with Crippen LogP contribution >= 0.6 is 0 Å². The number of aromatic amines is 1. The van der Waals surface area contributed by atoms with Gasteiger partial charge in [0.05, 0.1) is 11.0 Å².